The third-order valence-corrected chi connectivity index (χ3v) is 6.00. The van der Waals surface area contributed by atoms with Crippen molar-refractivity contribution >= 4 is 17.7 Å². The van der Waals surface area contributed by atoms with Crippen LogP contribution in [0, 0.1) is 0 Å². The minimum absolute atomic E-state index is 0.0277. The average molecular weight is 467 g/mol. The molecule has 34 heavy (non-hydrogen) atoms. The highest BCUT2D eigenvalue weighted by molar-refractivity contribution is 6.02. The molecule has 2 saturated heterocycles. The van der Waals surface area contributed by atoms with E-state index in [1.807, 2.05) is 0 Å². The summed E-state index contributed by atoms with van der Waals surface area (Å²) >= 11 is 0. The van der Waals surface area contributed by atoms with Crippen LogP contribution in [0.5, 0.6) is 5.75 Å². The molecule has 0 aliphatic carbocycles. The van der Waals surface area contributed by atoms with Gasteiger partial charge in [0.1, 0.15) is 25.0 Å². The van der Waals surface area contributed by atoms with Crippen molar-refractivity contribution in [2.24, 2.45) is 0 Å². The van der Waals surface area contributed by atoms with Gasteiger partial charge in [-0.1, -0.05) is 36.9 Å². The maximum Gasteiger partial charge on any atom is 0.255 e. The SMILES string of the molecule is [2H]c1cc(C([2H])([2H])Oc2cccc3c2CN(C2CCC(=C)NC2=O)C3=O)cc([2H])c1C([2H])N1CCOCC1=O. The fourth-order valence-electron chi connectivity index (χ4n) is 4.20. The van der Waals surface area contributed by atoms with Gasteiger partial charge in [-0.15, -0.1) is 0 Å². The molecule has 5 rings (SSSR count). The van der Waals surface area contributed by atoms with Gasteiger partial charge >= 0.3 is 0 Å². The lowest BCUT2D eigenvalue weighted by Crippen LogP contribution is -2.49. The first-order chi connectivity index (χ1) is 18.5. The van der Waals surface area contributed by atoms with E-state index >= 15 is 0 Å². The first-order valence-electron chi connectivity index (χ1n) is 13.6. The van der Waals surface area contributed by atoms with Crippen LogP contribution in [0.25, 0.3) is 0 Å². The summed E-state index contributed by atoms with van der Waals surface area (Å²) in [7, 11) is 0. The zero-order valence-electron chi connectivity index (χ0n) is 23.4. The number of rotatable bonds is 6. The van der Waals surface area contributed by atoms with Crippen LogP contribution in [0.2, 0.25) is 0 Å². The summed E-state index contributed by atoms with van der Waals surface area (Å²) in [5.74, 6) is -0.981. The van der Waals surface area contributed by atoms with Gasteiger partial charge in [0.25, 0.3) is 5.91 Å². The Morgan fingerprint density at radius 1 is 1.21 bits per heavy atom. The monoisotopic (exact) mass is 466 g/mol. The third kappa shape index (κ3) is 4.41. The average Bonchev–Trinajstić information content (AvgIpc) is 3.21. The van der Waals surface area contributed by atoms with Crippen LogP contribution in [-0.4, -0.2) is 53.3 Å². The van der Waals surface area contributed by atoms with Gasteiger partial charge in [0, 0.05) is 29.9 Å². The zero-order valence-corrected chi connectivity index (χ0v) is 18.4. The van der Waals surface area contributed by atoms with Gasteiger partial charge < -0.3 is 24.6 Å². The highest BCUT2D eigenvalue weighted by Crippen LogP contribution is 2.34. The Hall–Kier alpha value is -3.65. The molecule has 2 unspecified atom stereocenters. The summed E-state index contributed by atoms with van der Waals surface area (Å²) in [6, 6.07) is 5.83. The van der Waals surface area contributed by atoms with E-state index in [0.29, 0.717) is 29.7 Å². The Kier molecular flexibility index (Phi) is 4.62. The number of piperidine rings is 1. The molecule has 0 spiro atoms. The predicted octanol–water partition coefficient (Wildman–Crippen LogP) is 2.37. The Bertz CT molecular complexity index is 1360. The number of morpholine rings is 1. The molecule has 0 radical (unpaired) electrons. The van der Waals surface area contributed by atoms with E-state index in [1.165, 1.54) is 28.0 Å². The molecule has 2 aromatic carbocycles. The largest absolute Gasteiger partial charge is 0.489 e. The summed E-state index contributed by atoms with van der Waals surface area (Å²) < 4.78 is 53.3. The summed E-state index contributed by atoms with van der Waals surface area (Å²) in [5.41, 5.74) is 1.20. The van der Waals surface area contributed by atoms with Crippen LogP contribution in [0.1, 0.15) is 46.7 Å². The fraction of sp³-hybridized carbons (Fsp3) is 0.346. The van der Waals surface area contributed by atoms with Crippen LogP contribution < -0.4 is 10.1 Å². The number of nitrogens with one attached hydrogen (secondary N) is 1. The smallest absolute Gasteiger partial charge is 0.255 e. The Morgan fingerprint density at radius 2 is 2.03 bits per heavy atom. The quantitative estimate of drug-likeness (QED) is 0.706. The van der Waals surface area contributed by atoms with Gasteiger partial charge in [-0.05, 0) is 36.1 Å². The van der Waals surface area contributed by atoms with Crippen molar-refractivity contribution in [3.8, 4) is 5.75 Å². The van der Waals surface area contributed by atoms with Crippen LogP contribution in [0.15, 0.2) is 54.7 Å². The van der Waals surface area contributed by atoms with E-state index in [9.17, 15) is 14.4 Å². The topological polar surface area (TPSA) is 88.2 Å². The molecule has 8 nitrogen and oxygen atoms in total. The van der Waals surface area contributed by atoms with E-state index in [2.05, 4.69) is 11.9 Å². The van der Waals surface area contributed by atoms with Crippen molar-refractivity contribution in [3.05, 3.63) is 76.9 Å². The highest BCUT2D eigenvalue weighted by Gasteiger charge is 2.39. The van der Waals surface area contributed by atoms with Gasteiger partial charge in [-0.2, -0.15) is 0 Å². The Labute approximate surface area is 205 Å². The summed E-state index contributed by atoms with van der Waals surface area (Å²) in [5, 5.41) is 2.68. The third-order valence-electron chi connectivity index (χ3n) is 6.00. The number of carbonyl (C=O) groups is 3. The second kappa shape index (κ2) is 9.30. The minimum Gasteiger partial charge on any atom is -0.489 e. The molecule has 2 atom stereocenters. The first kappa shape index (κ1) is 16.9. The predicted molar refractivity (Wildman–Crippen MR) is 124 cm³/mol. The minimum atomic E-state index is -2.50. The Balaban J connectivity index is 1.39. The number of ether oxygens (including phenoxy) is 2. The van der Waals surface area contributed by atoms with Crippen molar-refractivity contribution in [1.82, 2.24) is 15.1 Å². The molecule has 0 saturated carbocycles. The summed E-state index contributed by atoms with van der Waals surface area (Å²) in [6.07, 6.45) is 0.974. The van der Waals surface area contributed by atoms with E-state index < -0.39 is 25.0 Å². The highest BCUT2D eigenvalue weighted by atomic mass is 16.5. The lowest BCUT2D eigenvalue weighted by molar-refractivity contribution is -0.143. The van der Waals surface area contributed by atoms with Crippen molar-refractivity contribution in [1.29, 1.82) is 0 Å². The van der Waals surface area contributed by atoms with Gasteiger partial charge in [-0.3, -0.25) is 14.4 Å². The number of hydrogen-bond acceptors (Lipinski definition) is 5. The second-order valence-corrected chi connectivity index (χ2v) is 8.28. The van der Waals surface area contributed by atoms with Gasteiger partial charge in [-0.25, -0.2) is 0 Å². The van der Waals surface area contributed by atoms with Crippen LogP contribution >= 0.6 is 0 Å². The van der Waals surface area contributed by atoms with E-state index in [-0.39, 0.29) is 67.1 Å². The van der Waals surface area contributed by atoms with Crippen LogP contribution in [0.4, 0.5) is 0 Å². The van der Waals surface area contributed by atoms with E-state index in [1.54, 1.807) is 12.1 Å². The molecular weight excluding hydrogens is 434 g/mol. The number of fused-ring (bicyclic) bond motifs is 1. The molecule has 2 aromatic rings. The number of carbonyl (C=O) groups excluding carboxylic acids is 3. The van der Waals surface area contributed by atoms with E-state index in [0.717, 1.165) is 0 Å². The lowest BCUT2D eigenvalue weighted by atomic mass is 10.0. The summed E-state index contributed by atoms with van der Waals surface area (Å²) in [6.45, 7) is 0.259. The van der Waals surface area contributed by atoms with Gasteiger partial charge in [0.15, 0.2) is 0 Å². The van der Waals surface area contributed by atoms with Crippen LogP contribution in [-0.2, 0) is 34.0 Å². The first-order valence-corrected chi connectivity index (χ1v) is 11.0. The lowest BCUT2D eigenvalue weighted by Gasteiger charge is -2.31. The number of amides is 3. The van der Waals surface area contributed by atoms with Crippen molar-refractivity contribution < 1.29 is 30.7 Å². The molecule has 3 aliphatic heterocycles. The molecule has 176 valence electrons. The number of benzene rings is 2. The molecule has 3 heterocycles. The zero-order chi connectivity index (χ0) is 28.1. The molecule has 2 fully saturated rings. The molecular formula is C26H27N3O5. The molecule has 1 N–H and O–H groups in total. The summed E-state index contributed by atoms with van der Waals surface area (Å²) in [4.78, 5) is 40.5. The standard InChI is InChI=1S/C26H27N3O5/c1-17-5-10-22(25(31)27-17)29-14-21-20(26(29)32)3-2-4-23(21)34-15-19-8-6-18(7-9-19)13-28-11-12-33-16-24(28)30/h2-4,6-9,22H,1,5,10-16H2,(H,27,31)/i6D,7D,13D,15D2. The normalized spacial score (nSPS) is 23.9. The van der Waals surface area contributed by atoms with Crippen LogP contribution in [0.3, 0.4) is 0 Å². The second-order valence-electron chi connectivity index (χ2n) is 8.28. The van der Waals surface area contributed by atoms with Crippen molar-refractivity contribution in [3.63, 3.8) is 0 Å². The number of nitrogens with zero attached hydrogens (tertiary/aromatic N) is 2. The molecule has 0 bridgehead atoms. The van der Waals surface area contributed by atoms with Gasteiger partial charge in [0.2, 0.25) is 11.8 Å². The Morgan fingerprint density at radius 3 is 2.79 bits per heavy atom. The maximum atomic E-state index is 13.1. The maximum absolute atomic E-state index is 13.1. The van der Waals surface area contributed by atoms with Gasteiger partial charge in [0.05, 0.1) is 20.0 Å². The molecule has 3 amide bonds. The molecule has 0 aromatic heterocycles. The molecule has 3 aliphatic rings. The van der Waals surface area contributed by atoms with Crippen molar-refractivity contribution in [2.75, 3.05) is 19.8 Å². The molecule has 8 heteroatoms. The van der Waals surface area contributed by atoms with Crippen molar-refractivity contribution in [2.45, 2.75) is 38.5 Å². The number of allylic oxidation sites excluding steroid dienone is 1. The number of hydrogen-bond donors (Lipinski definition) is 1. The van der Waals surface area contributed by atoms with E-state index in [4.69, 9.17) is 16.3 Å². The fourth-order valence-corrected chi connectivity index (χ4v) is 4.20.